The summed E-state index contributed by atoms with van der Waals surface area (Å²) < 4.78 is 3.38. The Kier molecular flexibility index (Phi) is 3.82. The predicted octanol–water partition coefficient (Wildman–Crippen LogP) is 3.12. The van der Waals surface area contributed by atoms with E-state index in [2.05, 4.69) is 56.5 Å². The van der Waals surface area contributed by atoms with E-state index in [1.807, 2.05) is 24.7 Å². The topological polar surface area (TPSA) is 29.9 Å². The maximum atomic E-state index is 4.15. The van der Waals surface area contributed by atoms with E-state index in [1.165, 1.54) is 15.0 Å². The lowest BCUT2D eigenvalue weighted by atomic mass is 10.3. The number of hydrogen-bond donors (Lipinski definition) is 1. The molecule has 0 saturated heterocycles. The van der Waals surface area contributed by atoms with Crippen molar-refractivity contribution in [2.75, 3.05) is 5.32 Å². The zero-order chi connectivity index (χ0) is 11.4. The van der Waals surface area contributed by atoms with Gasteiger partial charge in [-0.05, 0) is 41.6 Å². The molecular formula is C12H14IN3. The van der Waals surface area contributed by atoms with Crippen molar-refractivity contribution in [1.29, 1.82) is 0 Å². The van der Waals surface area contributed by atoms with Crippen LogP contribution in [0.15, 0.2) is 36.8 Å². The Bertz CT molecular complexity index is 465. The molecule has 0 amide bonds. The molecule has 0 spiro atoms. The van der Waals surface area contributed by atoms with Gasteiger partial charge in [-0.2, -0.15) is 0 Å². The van der Waals surface area contributed by atoms with E-state index in [1.54, 1.807) is 0 Å². The monoisotopic (exact) mass is 327 g/mol. The van der Waals surface area contributed by atoms with Gasteiger partial charge < -0.3 is 9.88 Å². The second-order valence-corrected chi connectivity index (χ2v) is 4.67. The summed E-state index contributed by atoms with van der Waals surface area (Å²) in [6.45, 7) is 3.90. The van der Waals surface area contributed by atoms with Crippen LogP contribution in [-0.2, 0) is 13.1 Å². The molecule has 3 nitrogen and oxygen atoms in total. The van der Waals surface area contributed by atoms with E-state index in [4.69, 9.17) is 0 Å². The van der Waals surface area contributed by atoms with Crippen LogP contribution in [-0.4, -0.2) is 9.55 Å². The SMILES string of the molecule is CCn1cncc1CNc1ccccc1I. The number of imidazole rings is 1. The Morgan fingerprint density at radius 3 is 2.94 bits per heavy atom. The van der Waals surface area contributed by atoms with Crippen LogP contribution in [0, 0.1) is 3.57 Å². The molecule has 0 radical (unpaired) electrons. The molecule has 84 valence electrons. The fourth-order valence-electron chi connectivity index (χ4n) is 1.57. The van der Waals surface area contributed by atoms with Gasteiger partial charge in [-0.15, -0.1) is 0 Å². The quantitative estimate of drug-likeness (QED) is 0.875. The van der Waals surface area contributed by atoms with Crippen LogP contribution in [0.3, 0.4) is 0 Å². The fraction of sp³-hybridized carbons (Fsp3) is 0.250. The van der Waals surface area contributed by atoms with Gasteiger partial charge in [0, 0.05) is 22.0 Å². The van der Waals surface area contributed by atoms with Crippen molar-refractivity contribution in [2.45, 2.75) is 20.0 Å². The minimum Gasteiger partial charge on any atom is -0.379 e. The second kappa shape index (κ2) is 5.34. The Hall–Kier alpha value is -1.04. The van der Waals surface area contributed by atoms with Crippen molar-refractivity contribution in [3.8, 4) is 0 Å². The molecule has 4 heteroatoms. The Morgan fingerprint density at radius 2 is 2.19 bits per heavy atom. The number of para-hydroxylation sites is 1. The zero-order valence-corrected chi connectivity index (χ0v) is 11.3. The minimum absolute atomic E-state index is 0.813. The summed E-state index contributed by atoms with van der Waals surface area (Å²) in [6, 6.07) is 8.28. The number of aryl methyl sites for hydroxylation is 1. The van der Waals surface area contributed by atoms with Gasteiger partial charge in [-0.25, -0.2) is 4.98 Å². The van der Waals surface area contributed by atoms with Gasteiger partial charge in [-0.1, -0.05) is 12.1 Å². The summed E-state index contributed by atoms with van der Waals surface area (Å²) in [5.74, 6) is 0. The van der Waals surface area contributed by atoms with Crippen LogP contribution in [0.25, 0.3) is 0 Å². The van der Waals surface area contributed by atoms with Crippen LogP contribution in [0.1, 0.15) is 12.6 Å². The van der Waals surface area contributed by atoms with Crippen LogP contribution in [0.2, 0.25) is 0 Å². The van der Waals surface area contributed by atoms with Crippen LogP contribution < -0.4 is 5.32 Å². The van der Waals surface area contributed by atoms with Gasteiger partial charge in [-0.3, -0.25) is 0 Å². The van der Waals surface area contributed by atoms with Crippen molar-refractivity contribution >= 4 is 28.3 Å². The van der Waals surface area contributed by atoms with E-state index in [9.17, 15) is 0 Å². The molecule has 1 aromatic heterocycles. The van der Waals surface area contributed by atoms with E-state index in [0.717, 1.165) is 13.1 Å². The van der Waals surface area contributed by atoms with Crippen molar-refractivity contribution in [3.05, 3.63) is 46.1 Å². The molecule has 1 aromatic carbocycles. The first kappa shape index (κ1) is 11.4. The second-order valence-electron chi connectivity index (χ2n) is 3.50. The normalized spacial score (nSPS) is 10.4. The van der Waals surface area contributed by atoms with Crippen molar-refractivity contribution in [1.82, 2.24) is 9.55 Å². The van der Waals surface area contributed by atoms with Crippen LogP contribution in [0.4, 0.5) is 5.69 Å². The minimum atomic E-state index is 0.813. The van der Waals surface area contributed by atoms with Crippen molar-refractivity contribution in [2.24, 2.45) is 0 Å². The summed E-state index contributed by atoms with van der Waals surface area (Å²) in [4.78, 5) is 4.15. The molecule has 2 rings (SSSR count). The number of nitrogens with one attached hydrogen (secondary N) is 1. The smallest absolute Gasteiger partial charge is 0.0948 e. The molecular weight excluding hydrogens is 313 g/mol. The van der Waals surface area contributed by atoms with Crippen molar-refractivity contribution < 1.29 is 0 Å². The largest absolute Gasteiger partial charge is 0.379 e. The van der Waals surface area contributed by atoms with Crippen molar-refractivity contribution in [3.63, 3.8) is 0 Å². The molecule has 16 heavy (non-hydrogen) atoms. The number of nitrogens with zero attached hydrogens (tertiary/aromatic N) is 2. The number of rotatable bonds is 4. The fourth-order valence-corrected chi connectivity index (χ4v) is 2.15. The summed E-state index contributed by atoms with van der Waals surface area (Å²) in [5.41, 5.74) is 2.38. The van der Waals surface area contributed by atoms with E-state index >= 15 is 0 Å². The van der Waals surface area contributed by atoms with Gasteiger partial charge in [0.2, 0.25) is 0 Å². The van der Waals surface area contributed by atoms with Gasteiger partial charge >= 0.3 is 0 Å². The molecule has 1 N–H and O–H groups in total. The Labute approximate surface area is 109 Å². The first-order valence-corrected chi connectivity index (χ1v) is 6.36. The summed E-state index contributed by atoms with van der Waals surface area (Å²) in [6.07, 6.45) is 3.78. The van der Waals surface area contributed by atoms with Crippen LogP contribution in [0.5, 0.6) is 0 Å². The summed E-state index contributed by atoms with van der Waals surface area (Å²) >= 11 is 2.33. The highest BCUT2D eigenvalue weighted by molar-refractivity contribution is 14.1. The molecule has 0 aliphatic rings. The van der Waals surface area contributed by atoms with Gasteiger partial charge in [0.05, 0.1) is 18.6 Å². The average Bonchev–Trinajstić information content (AvgIpc) is 2.75. The van der Waals surface area contributed by atoms with Gasteiger partial charge in [0.1, 0.15) is 0 Å². The van der Waals surface area contributed by atoms with E-state index in [-0.39, 0.29) is 0 Å². The number of halogens is 1. The molecule has 2 aromatic rings. The average molecular weight is 327 g/mol. The molecule has 0 aliphatic heterocycles. The lowest BCUT2D eigenvalue weighted by Crippen LogP contribution is -2.06. The highest BCUT2D eigenvalue weighted by Crippen LogP contribution is 2.17. The lowest BCUT2D eigenvalue weighted by Gasteiger charge is -2.09. The van der Waals surface area contributed by atoms with E-state index in [0.29, 0.717) is 0 Å². The number of benzene rings is 1. The lowest BCUT2D eigenvalue weighted by molar-refractivity contribution is 0.719. The molecule has 0 fully saturated rings. The molecule has 0 unspecified atom stereocenters. The molecule has 1 heterocycles. The third-order valence-corrected chi connectivity index (χ3v) is 3.41. The Balaban J connectivity index is 2.05. The first-order chi connectivity index (χ1) is 7.81. The summed E-state index contributed by atoms with van der Waals surface area (Å²) in [5, 5.41) is 3.42. The van der Waals surface area contributed by atoms with Gasteiger partial charge in [0.15, 0.2) is 0 Å². The number of anilines is 1. The highest BCUT2D eigenvalue weighted by atomic mass is 127. The zero-order valence-electron chi connectivity index (χ0n) is 9.15. The summed E-state index contributed by atoms with van der Waals surface area (Å²) in [7, 11) is 0. The first-order valence-electron chi connectivity index (χ1n) is 5.28. The molecule has 0 saturated carbocycles. The predicted molar refractivity (Wildman–Crippen MR) is 74.4 cm³/mol. The number of hydrogen-bond acceptors (Lipinski definition) is 2. The third kappa shape index (κ3) is 2.55. The van der Waals surface area contributed by atoms with Crippen LogP contribution >= 0.6 is 22.6 Å². The molecule has 0 atom stereocenters. The third-order valence-electron chi connectivity index (χ3n) is 2.47. The highest BCUT2D eigenvalue weighted by Gasteiger charge is 2.01. The molecule has 0 aliphatic carbocycles. The Morgan fingerprint density at radius 1 is 1.38 bits per heavy atom. The standard InChI is InChI=1S/C12H14IN3/c1-2-16-9-14-7-10(16)8-15-12-6-4-3-5-11(12)13/h3-7,9,15H,2,8H2,1H3. The number of aromatic nitrogens is 2. The molecule has 0 bridgehead atoms. The maximum absolute atomic E-state index is 4.15. The van der Waals surface area contributed by atoms with E-state index < -0.39 is 0 Å². The van der Waals surface area contributed by atoms with Gasteiger partial charge in [0.25, 0.3) is 0 Å². The maximum Gasteiger partial charge on any atom is 0.0948 e.